The van der Waals surface area contributed by atoms with Crippen molar-refractivity contribution in [2.45, 2.75) is 62.9 Å². The van der Waals surface area contributed by atoms with Gasteiger partial charge in [0.05, 0.1) is 18.9 Å². The number of hydrogen-bond donors (Lipinski definition) is 7. The van der Waals surface area contributed by atoms with Gasteiger partial charge in [-0.25, -0.2) is 4.79 Å². The van der Waals surface area contributed by atoms with Crippen LogP contribution in [0.1, 0.15) is 32.6 Å². The summed E-state index contributed by atoms with van der Waals surface area (Å²) in [6, 6.07) is -5.91. The van der Waals surface area contributed by atoms with Crippen LogP contribution < -0.4 is 16.4 Å². The molecule has 5 atom stereocenters. The monoisotopic (exact) mass is 446 g/mol. The number of nitrogens with zero attached hydrogens (tertiary/aromatic N) is 1. The first-order valence-electron chi connectivity index (χ1n) is 9.36. The van der Waals surface area contributed by atoms with E-state index in [1.807, 2.05) is 5.32 Å². The van der Waals surface area contributed by atoms with E-state index in [9.17, 15) is 33.9 Å². The van der Waals surface area contributed by atoms with Crippen molar-refractivity contribution in [2.24, 2.45) is 5.73 Å². The number of aliphatic hydroxyl groups is 1. The highest BCUT2D eigenvalue weighted by atomic mass is 16.4. The number of nitrogens with one attached hydrogen (secondary N) is 2. The molecule has 0 spiro atoms. The zero-order chi connectivity index (χ0) is 23.9. The summed E-state index contributed by atoms with van der Waals surface area (Å²) >= 11 is 0. The van der Waals surface area contributed by atoms with Gasteiger partial charge in [-0.05, 0) is 19.8 Å². The fourth-order valence-corrected chi connectivity index (χ4v) is 3.00. The second-order valence-corrected chi connectivity index (χ2v) is 7.11. The lowest BCUT2D eigenvalue weighted by Crippen LogP contribution is -2.58. The molecule has 0 aliphatic carbocycles. The number of aliphatic hydroxyl groups excluding tert-OH is 1. The Kier molecular flexibility index (Phi) is 9.33. The van der Waals surface area contributed by atoms with Gasteiger partial charge < -0.3 is 41.7 Å². The molecule has 31 heavy (non-hydrogen) atoms. The van der Waals surface area contributed by atoms with E-state index in [-0.39, 0.29) is 13.0 Å². The van der Waals surface area contributed by atoms with Crippen LogP contribution >= 0.6 is 0 Å². The molecule has 1 saturated heterocycles. The zero-order valence-electron chi connectivity index (χ0n) is 16.7. The van der Waals surface area contributed by atoms with Gasteiger partial charge in [0.15, 0.2) is 0 Å². The molecule has 5 unspecified atom stereocenters. The van der Waals surface area contributed by atoms with Crippen molar-refractivity contribution in [1.82, 2.24) is 15.5 Å². The molecule has 1 aliphatic rings. The van der Waals surface area contributed by atoms with Gasteiger partial charge in [0.2, 0.25) is 17.7 Å². The van der Waals surface area contributed by atoms with E-state index in [0.29, 0.717) is 6.42 Å². The minimum Gasteiger partial charge on any atom is -0.481 e. The van der Waals surface area contributed by atoms with Crippen molar-refractivity contribution in [3.05, 3.63) is 0 Å². The maximum absolute atomic E-state index is 12.7. The quantitative estimate of drug-likeness (QED) is 0.166. The fraction of sp³-hybridized carbons (Fsp3) is 0.647. The third-order valence-electron chi connectivity index (χ3n) is 4.65. The summed E-state index contributed by atoms with van der Waals surface area (Å²) in [5.41, 5.74) is 5.62. The first-order chi connectivity index (χ1) is 14.3. The Bertz CT molecular complexity index is 740. The molecule has 3 amide bonds. The number of carbonyl (C=O) groups excluding carboxylic acids is 3. The van der Waals surface area contributed by atoms with E-state index in [2.05, 4.69) is 5.32 Å². The van der Waals surface area contributed by atoms with Crippen LogP contribution in [0.5, 0.6) is 0 Å². The third kappa shape index (κ3) is 7.49. The molecule has 0 bridgehead atoms. The van der Waals surface area contributed by atoms with Gasteiger partial charge in [-0.3, -0.25) is 24.0 Å². The van der Waals surface area contributed by atoms with Gasteiger partial charge in [0.25, 0.3) is 0 Å². The highest BCUT2D eigenvalue weighted by Gasteiger charge is 2.39. The van der Waals surface area contributed by atoms with Crippen LogP contribution in [0.2, 0.25) is 0 Å². The van der Waals surface area contributed by atoms with Gasteiger partial charge in [-0.1, -0.05) is 0 Å². The van der Waals surface area contributed by atoms with Crippen molar-refractivity contribution >= 4 is 35.6 Å². The maximum atomic E-state index is 12.7. The van der Waals surface area contributed by atoms with Crippen molar-refractivity contribution < 1.29 is 49.2 Å². The SMILES string of the molecule is CC(O)C(N)C(=O)N1CCCC1C(=O)NC(CC(=O)O)C(=O)NC(CC(=O)O)C(=O)O. The van der Waals surface area contributed by atoms with Crippen molar-refractivity contribution in [2.75, 3.05) is 6.54 Å². The first kappa shape index (κ1) is 25.8. The average Bonchev–Trinajstić information content (AvgIpc) is 3.14. The van der Waals surface area contributed by atoms with Crippen molar-refractivity contribution in [3.8, 4) is 0 Å². The second-order valence-electron chi connectivity index (χ2n) is 7.11. The summed E-state index contributed by atoms with van der Waals surface area (Å²) in [4.78, 5) is 71.5. The molecule has 1 rings (SSSR count). The van der Waals surface area contributed by atoms with Crippen LogP contribution in [-0.4, -0.2) is 97.8 Å². The lowest BCUT2D eigenvalue weighted by Gasteiger charge is -2.29. The summed E-state index contributed by atoms with van der Waals surface area (Å²) in [6.45, 7) is 1.46. The van der Waals surface area contributed by atoms with E-state index < -0.39 is 78.7 Å². The van der Waals surface area contributed by atoms with E-state index in [0.717, 1.165) is 4.90 Å². The maximum Gasteiger partial charge on any atom is 0.326 e. The molecule has 174 valence electrons. The molecule has 0 saturated carbocycles. The molecule has 0 aromatic carbocycles. The number of amides is 3. The number of hydrogen-bond acceptors (Lipinski definition) is 8. The molecule has 0 radical (unpaired) electrons. The van der Waals surface area contributed by atoms with E-state index >= 15 is 0 Å². The third-order valence-corrected chi connectivity index (χ3v) is 4.65. The van der Waals surface area contributed by atoms with E-state index in [4.69, 9.17) is 21.1 Å². The Balaban J connectivity index is 2.95. The normalized spacial score (nSPS) is 19.6. The van der Waals surface area contributed by atoms with Crippen LogP contribution in [0.3, 0.4) is 0 Å². The predicted octanol–water partition coefficient (Wildman–Crippen LogP) is -3.31. The molecule has 1 fully saturated rings. The molecular formula is C17H26N4O10. The van der Waals surface area contributed by atoms with Gasteiger partial charge in [-0.15, -0.1) is 0 Å². The zero-order valence-corrected chi connectivity index (χ0v) is 16.7. The van der Waals surface area contributed by atoms with Crippen molar-refractivity contribution in [3.63, 3.8) is 0 Å². The number of likely N-dealkylation sites (tertiary alicyclic amines) is 1. The number of carboxylic acid groups (broad SMARTS) is 3. The largest absolute Gasteiger partial charge is 0.481 e. The van der Waals surface area contributed by atoms with Gasteiger partial charge in [-0.2, -0.15) is 0 Å². The van der Waals surface area contributed by atoms with Crippen LogP contribution in [0.4, 0.5) is 0 Å². The van der Waals surface area contributed by atoms with Crippen molar-refractivity contribution in [1.29, 1.82) is 0 Å². The van der Waals surface area contributed by atoms with Gasteiger partial charge in [0.1, 0.15) is 24.2 Å². The first-order valence-corrected chi connectivity index (χ1v) is 9.36. The highest BCUT2D eigenvalue weighted by Crippen LogP contribution is 2.19. The summed E-state index contributed by atoms with van der Waals surface area (Å²) < 4.78 is 0. The van der Waals surface area contributed by atoms with Crippen LogP contribution in [0, 0.1) is 0 Å². The number of aliphatic carboxylic acids is 3. The lowest BCUT2D eigenvalue weighted by molar-refractivity contribution is -0.148. The smallest absolute Gasteiger partial charge is 0.326 e. The van der Waals surface area contributed by atoms with Crippen LogP contribution in [-0.2, 0) is 28.8 Å². The minimum absolute atomic E-state index is 0.160. The summed E-state index contributed by atoms with van der Waals surface area (Å²) in [5.74, 6) is -7.42. The highest BCUT2D eigenvalue weighted by molar-refractivity contribution is 5.96. The predicted molar refractivity (Wildman–Crippen MR) is 100 cm³/mol. The molecule has 8 N–H and O–H groups in total. The van der Waals surface area contributed by atoms with Gasteiger partial charge in [0, 0.05) is 6.54 Å². The van der Waals surface area contributed by atoms with E-state index in [1.165, 1.54) is 6.92 Å². The van der Waals surface area contributed by atoms with Crippen LogP contribution in [0.25, 0.3) is 0 Å². The summed E-state index contributed by atoms with van der Waals surface area (Å²) in [7, 11) is 0. The second kappa shape index (κ2) is 11.2. The topological polar surface area (TPSA) is 237 Å². The summed E-state index contributed by atoms with van der Waals surface area (Å²) in [5, 5.41) is 40.3. The van der Waals surface area contributed by atoms with Gasteiger partial charge >= 0.3 is 17.9 Å². The summed E-state index contributed by atoms with van der Waals surface area (Å²) in [6.07, 6.45) is -2.43. The molecule has 0 aromatic heterocycles. The number of carboxylic acids is 3. The molecule has 14 heteroatoms. The molecule has 1 aliphatic heterocycles. The van der Waals surface area contributed by atoms with E-state index in [1.54, 1.807) is 0 Å². The Morgan fingerprint density at radius 2 is 1.55 bits per heavy atom. The Hall–Kier alpha value is -3.26. The Morgan fingerprint density at radius 1 is 1.00 bits per heavy atom. The average molecular weight is 446 g/mol. The lowest BCUT2D eigenvalue weighted by atomic mass is 10.1. The molecule has 1 heterocycles. The fourth-order valence-electron chi connectivity index (χ4n) is 3.00. The number of nitrogens with two attached hydrogens (primary N) is 1. The Morgan fingerprint density at radius 3 is 2.03 bits per heavy atom. The van der Waals surface area contributed by atoms with Crippen LogP contribution in [0.15, 0.2) is 0 Å². The Labute approximate surface area is 176 Å². The minimum atomic E-state index is -1.84. The molecule has 0 aromatic rings. The standard InChI is InChI=1S/C17H26N4O10/c1-7(22)13(18)16(29)21-4-2-3-10(21)15(28)19-8(5-11(23)24)14(27)20-9(17(30)31)6-12(25)26/h7-10,13,22H,2-6,18H2,1H3,(H,19,28)(H,20,27)(H,23,24)(H,25,26)(H,30,31). The number of rotatable bonds is 11. The number of carbonyl (C=O) groups is 6. The molecular weight excluding hydrogens is 420 g/mol. The molecule has 14 nitrogen and oxygen atoms in total.